The van der Waals surface area contributed by atoms with Crippen molar-refractivity contribution in [3.05, 3.63) is 45.0 Å². The number of sulfonamides is 1. The molecular formula is C10H10N4O4S2. The highest BCUT2D eigenvalue weighted by Gasteiger charge is 2.20. The molecule has 0 atom stereocenters. The van der Waals surface area contributed by atoms with E-state index in [1.165, 1.54) is 18.2 Å². The summed E-state index contributed by atoms with van der Waals surface area (Å²) in [4.78, 5) is 10.2. The van der Waals surface area contributed by atoms with E-state index in [4.69, 9.17) is 0 Å². The fourth-order valence-corrected chi connectivity index (χ4v) is 3.55. The number of anilines is 1. The van der Waals surface area contributed by atoms with Crippen molar-refractivity contribution in [1.82, 2.24) is 10.2 Å². The third-order valence-electron chi connectivity index (χ3n) is 2.30. The summed E-state index contributed by atoms with van der Waals surface area (Å²) in [5, 5.41) is 18.9. The number of benzene rings is 1. The summed E-state index contributed by atoms with van der Waals surface area (Å²) in [5.74, 6) is -0.497. The molecule has 0 unspecified atom stereocenters. The Bertz CT molecular complexity index is 741. The van der Waals surface area contributed by atoms with Crippen molar-refractivity contribution in [2.24, 2.45) is 0 Å². The monoisotopic (exact) mass is 314 g/mol. The predicted octanol–water partition coefficient (Wildman–Crippen LogP) is 1.70. The topological polar surface area (TPSA) is 115 Å². The molecule has 1 N–H and O–H groups in total. The molecule has 1 aromatic heterocycles. The summed E-state index contributed by atoms with van der Waals surface area (Å²) >= 11 is 1.09. The van der Waals surface area contributed by atoms with Gasteiger partial charge >= 0.3 is 0 Å². The van der Waals surface area contributed by atoms with Crippen LogP contribution in [0.3, 0.4) is 0 Å². The van der Waals surface area contributed by atoms with Crippen LogP contribution in [0.2, 0.25) is 0 Å². The predicted molar refractivity (Wildman–Crippen MR) is 74.0 cm³/mol. The van der Waals surface area contributed by atoms with Crippen LogP contribution in [0.4, 0.5) is 10.8 Å². The standard InChI is InChI=1S/C10H10N4O4S2/c1-7-11-12-10(19-7)13-20(17,18)6-8-4-2-3-5-9(8)14(15)16/h2-5H,6H2,1H3,(H,12,13). The van der Waals surface area contributed by atoms with E-state index in [2.05, 4.69) is 14.9 Å². The number of aryl methyl sites for hydroxylation is 1. The minimum atomic E-state index is -3.78. The van der Waals surface area contributed by atoms with Gasteiger partial charge in [0, 0.05) is 11.6 Å². The first-order valence-corrected chi connectivity index (χ1v) is 7.87. The van der Waals surface area contributed by atoms with E-state index in [1.54, 1.807) is 13.0 Å². The molecule has 0 amide bonds. The van der Waals surface area contributed by atoms with Gasteiger partial charge < -0.3 is 0 Å². The molecule has 2 rings (SSSR count). The lowest BCUT2D eigenvalue weighted by Gasteiger charge is -2.05. The van der Waals surface area contributed by atoms with E-state index in [-0.39, 0.29) is 16.4 Å². The first kappa shape index (κ1) is 14.3. The molecule has 0 bridgehead atoms. The zero-order valence-corrected chi connectivity index (χ0v) is 11.9. The summed E-state index contributed by atoms with van der Waals surface area (Å²) in [6.07, 6.45) is 0. The summed E-state index contributed by atoms with van der Waals surface area (Å²) in [6, 6.07) is 5.70. The highest BCUT2D eigenvalue weighted by atomic mass is 32.2. The average molecular weight is 314 g/mol. The number of hydrogen-bond donors (Lipinski definition) is 1. The van der Waals surface area contributed by atoms with Gasteiger partial charge in [-0.15, -0.1) is 10.2 Å². The molecule has 0 spiro atoms. The second-order valence-corrected chi connectivity index (χ2v) is 6.78. The maximum atomic E-state index is 12.0. The lowest BCUT2D eigenvalue weighted by molar-refractivity contribution is -0.385. The van der Waals surface area contributed by atoms with E-state index in [0.717, 1.165) is 11.3 Å². The summed E-state index contributed by atoms with van der Waals surface area (Å²) in [7, 11) is -3.78. The van der Waals surface area contributed by atoms with E-state index >= 15 is 0 Å². The van der Waals surface area contributed by atoms with Crippen molar-refractivity contribution in [2.75, 3.05) is 4.72 Å². The molecule has 1 aromatic carbocycles. The van der Waals surface area contributed by atoms with Gasteiger partial charge in [0.05, 0.1) is 4.92 Å². The fraction of sp³-hybridized carbons (Fsp3) is 0.200. The number of nitro benzene ring substituents is 1. The van der Waals surface area contributed by atoms with Crippen molar-refractivity contribution in [3.63, 3.8) is 0 Å². The van der Waals surface area contributed by atoms with Gasteiger partial charge in [-0.05, 0) is 6.92 Å². The second-order valence-electron chi connectivity index (χ2n) is 3.87. The van der Waals surface area contributed by atoms with Crippen molar-refractivity contribution in [1.29, 1.82) is 0 Å². The van der Waals surface area contributed by atoms with Gasteiger partial charge in [0.25, 0.3) is 5.69 Å². The Balaban J connectivity index is 2.22. The SMILES string of the molecule is Cc1nnc(NS(=O)(=O)Cc2ccccc2[N+](=O)[O-])s1. The number of aromatic nitrogens is 2. The quantitative estimate of drug-likeness (QED) is 0.663. The molecule has 0 saturated carbocycles. The lowest BCUT2D eigenvalue weighted by atomic mass is 10.2. The Morgan fingerprint density at radius 1 is 1.35 bits per heavy atom. The highest BCUT2D eigenvalue weighted by molar-refractivity contribution is 7.92. The van der Waals surface area contributed by atoms with Crippen LogP contribution >= 0.6 is 11.3 Å². The molecule has 0 aliphatic carbocycles. The number of nitrogens with zero attached hydrogens (tertiary/aromatic N) is 3. The molecular weight excluding hydrogens is 304 g/mol. The molecule has 0 radical (unpaired) electrons. The van der Waals surface area contributed by atoms with Gasteiger partial charge in [-0.2, -0.15) is 0 Å². The molecule has 1 heterocycles. The fourth-order valence-electron chi connectivity index (χ4n) is 1.52. The maximum absolute atomic E-state index is 12.0. The van der Waals surface area contributed by atoms with Gasteiger partial charge in [-0.3, -0.25) is 14.8 Å². The first-order valence-electron chi connectivity index (χ1n) is 5.40. The van der Waals surface area contributed by atoms with Crippen LogP contribution in [0.1, 0.15) is 10.6 Å². The molecule has 0 aliphatic rings. The van der Waals surface area contributed by atoms with E-state index in [1.807, 2.05) is 0 Å². The van der Waals surface area contributed by atoms with E-state index in [9.17, 15) is 18.5 Å². The molecule has 0 aliphatic heterocycles. The van der Waals surface area contributed by atoms with Crippen LogP contribution in [0.25, 0.3) is 0 Å². The third-order valence-corrected chi connectivity index (χ3v) is 4.38. The number of para-hydroxylation sites is 1. The van der Waals surface area contributed by atoms with Crippen LogP contribution in [-0.2, 0) is 15.8 Å². The number of hydrogen-bond acceptors (Lipinski definition) is 7. The number of rotatable bonds is 5. The summed E-state index contributed by atoms with van der Waals surface area (Å²) in [6.45, 7) is 1.69. The van der Waals surface area contributed by atoms with Gasteiger partial charge in [-0.1, -0.05) is 29.5 Å². The molecule has 2 aromatic rings. The first-order chi connectivity index (χ1) is 9.37. The third kappa shape index (κ3) is 3.48. The molecule has 106 valence electrons. The minimum Gasteiger partial charge on any atom is -0.258 e. The van der Waals surface area contributed by atoms with Crippen LogP contribution in [0.15, 0.2) is 24.3 Å². The van der Waals surface area contributed by atoms with E-state index in [0.29, 0.717) is 5.01 Å². The molecule has 20 heavy (non-hydrogen) atoms. The van der Waals surface area contributed by atoms with Crippen molar-refractivity contribution in [3.8, 4) is 0 Å². The van der Waals surface area contributed by atoms with E-state index < -0.39 is 20.7 Å². The Hall–Kier alpha value is -2.07. The minimum absolute atomic E-state index is 0.117. The van der Waals surface area contributed by atoms with Gasteiger partial charge in [0.1, 0.15) is 10.8 Å². The number of nitro groups is 1. The van der Waals surface area contributed by atoms with Crippen molar-refractivity contribution >= 4 is 32.2 Å². The lowest BCUT2D eigenvalue weighted by Crippen LogP contribution is -2.15. The van der Waals surface area contributed by atoms with Gasteiger partial charge in [0.15, 0.2) is 0 Å². The summed E-state index contributed by atoms with van der Waals surface area (Å²) in [5.41, 5.74) is -0.113. The molecule has 10 heteroatoms. The van der Waals surface area contributed by atoms with Crippen LogP contribution in [0.5, 0.6) is 0 Å². The Morgan fingerprint density at radius 3 is 2.65 bits per heavy atom. The van der Waals surface area contributed by atoms with Crippen LogP contribution < -0.4 is 4.72 Å². The average Bonchev–Trinajstić information content (AvgIpc) is 2.73. The highest BCUT2D eigenvalue weighted by Crippen LogP contribution is 2.22. The summed E-state index contributed by atoms with van der Waals surface area (Å²) < 4.78 is 26.2. The largest absolute Gasteiger partial charge is 0.273 e. The van der Waals surface area contributed by atoms with Gasteiger partial charge in [0.2, 0.25) is 15.2 Å². The Morgan fingerprint density at radius 2 is 2.05 bits per heavy atom. The van der Waals surface area contributed by atoms with Crippen molar-refractivity contribution < 1.29 is 13.3 Å². The maximum Gasteiger partial charge on any atom is 0.273 e. The number of nitrogens with one attached hydrogen (secondary N) is 1. The zero-order valence-electron chi connectivity index (χ0n) is 10.3. The Kier molecular flexibility index (Phi) is 3.95. The second kappa shape index (κ2) is 5.51. The van der Waals surface area contributed by atoms with Crippen molar-refractivity contribution in [2.45, 2.75) is 12.7 Å². The van der Waals surface area contributed by atoms with Crippen LogP contribution in [0, 0.1) is 17.0 Å². The Labute approximate surface area is 118 Å². The van der Waals surface area contributed by atoms with Crippen LogP contribution in [-0.4, -0.2) is 23.5 Å². The zero-order chi connectivity index (χ0) is 14.8. The molecule has 8 nitrogen and oxygen atoms in total. The van der Waals surface area contributed by atoms with Gasteiger partial charge in [-0.25, -0.2) is 8.42 Å². The molecule has 0 fully saturated rings. The molecule has 0 saturated heterocycles. The normalized spacial score (nSPS) is 11.2. The smallest absolute Gasteiger partial charge is 0.258 e.